The van der Waals surface area contributed by atoms with E-state index in [9.17, 15) is 4.79 Å². The number of unbranched alkanes of at least 4 members (excludes halogenated alkanes) is 1. The van der Waals surface area contributed by atoms with E-state index in [2.05, 4.69) is 59.2 Å². The second-order valence-electron chi connectivity index (χ2n) is 9.81. The molecule has 3 aromatic carbocycles. The molecule has 0 spiro atoms. The van der Waals surface area contributed by atoms with Crippen molar-refractivity contribution >= 4 is 17.6 Å². The van der Waals surface area contributed by atoms with E-state index < -0.39 is 0 Å². The van der Waals surface area contributed by atoms with Gasteiger partial charge in [0.25, 0.3) is 0 Å². The van der Waals surface area contributed by atoms with E-state index in [0.717, 1.165) is 69.2 Å². The molecule has 0 aromatic heterocycles. The van der Waals surface area contributed by atoms with E-state index >= 15 is 0 Å². The Hall–Kier alpha value is -2.86. The van der Waals surface area contributed by atoms with Gasteiger partial charge < -0.3 is 14.4 Å². The first-order valence-electron chi connectivity index (χ1n) is 13.8. The molecule has 1 fully saturated rings. The minimum absolute atomic E-state index is 0.226. The van der Waals surface area contributed by atoms with Crippen LogP contribution in [0.5, 0.6) is 5.75 Å². The second kappa shape index (κ2) is 14.9. The predicted octanol–water partition coefficient (Wildman–Crippen LogP) is 6.86. The molecular weight excluding hydrogens is 496 g/mol. The van der Waals surface area contributed by atoms with Gasteiger partial charge in [-0.2, -0.15) is 0 Å². The van der Waals surface area contributed by atoms with Crippen molar-refractivity contribution in [1.82, 2.24) is 9.80 Å². The van der Waals surface area contributed by atoms with Gasteiger partial charge in [0.1, 0.15) is 5.75 Å². The summed E-state index contributed by atoms with van der Waals surface area (Å²) in [5.41, 5.74) is 3.16. The minimum Gasteiger partial charge on any atom is -0.494 e. The molecule has 1 aliphatic heterocycles. The fourth-order valence-electron chi connectivity index (χ4n) is 4.93. The van der Waals surface area contributed by atoms with E-state index in [0.29, 0.717) is 18.8 Å². The highest BCUT2D eigenvalue weighted by Gasteiger charge is 2.25. The van der Waals surface area contributed by atoms with Gasteiger partial charge in [-0.15, -0.1) is 0 Å². The first kappa shape index (κ1) is 28.2. The SMILES string of the molecule is CCCCOC(=O)c1ccc(OCCCN2CCCN(C(c3ccccc3)c3ccc(Cl)cc3)CC2)cc1. The lowest BCUT2D eigenvalue weighted by molar-refractivity contribution is 0.0499. The van der Waals surface area contributed by atoms with E-state index in [1.807, 2.05) is 24.3 Å². The normalized spacial score (nSPS) is 15.5. The summed E-state index contributed by atoms with van der Waals surface area (Å²) >= 11 is 6.18. The summed E-state index contributed by atoms with van der Waals surface area (Å²) in [4.78, 5) is 17.2. The van der Waals surface area contributed by atoms with Gasteiger partial charge in [-0.05, 0) is 73.3 Å². The third-order valence-corrected chi connectivity index (χ3v) is 7.25. The molecule has 5 nitrogen and oxygen atoms in total. The molecule has 0 N–H and O–H groups in total. The number of carbonyl (C=O) groups excluding carboxylic acids is 1. The van der Waals surface area contributed by atoms with Crippen LogP contribution in [0, 0.1) is 0 Å². The molecule has 1 saturated heterocycles. The molecule has 0 radical (unpaired) electrons. The third kappa shape index (κ3) is 8.32. The van der Waals surface area contributed by atoms with Crippen molar-refractivity contribution < 1.29 is 14.3 Å². The summed E-state index contributed by atoms with van der Waals surface area (Å²) in [5.74, 6) is 0.511. The highest BCUT2D eigenvalue weighted by Crippen LogP contribution is 2.30. The van der Waals surface area contributed by atoms with E-state index in [4.69, 9.17) is 21.1 Å². The van der Waals surface area contributed by atoms with Gasteiger partial charge in [0.05, 0.1) is 24.8 Å². The number of esters is 1. The summed E-state index contributed by atoms with van der Waals surface area (Å²) in [5, 5.41) is 0.769. The van der Waals surface area contributed by atoms with Crippen molar-refractivity contribution in [2.75, 3.05) is 45.9 Å². The van der Waals surface area contributed by atoms with Crippen LogP contribution in [-0.2, 0) is 4.74 Å². The monoisotopic (exact) mass is 534 g/mol. The molecule has 0 bridgehead atoms. The lowest BCUT2D eigenvalue weighted by Crippen LogP contribution is -2.34. The molecule has 0 amide bonds. The van der Waals surface area contributed by atoms with Crippen LogP contribution in [0.15, 0.2) is 78.9 Å². The van der Waals surface area contributed by atoms with Crippen molar-refractivity contribution in [3.63, 3.8) is 0 Å². The van der Waals surface area contributed by atoms with Gasteiger partial charge in [-0.3, -0.25) is 4.90 Å². The zero-order valence-corrected chi connectivity index (χ0v) is 23.1. The van der Waals surface area contributed by atoms with Crippen LogP contribution in [0.1, 0.15) is 60.1 Å². The van der Waals surface area contributed by atoms with E-state index in [1.165, 1.54) is 11.1 Å². The lowest BCUT2D eigenvalue weighted by atomic mass is 9.97. The maximum atomic E-state index is 12.1. The molecule has 6 heteroatoms. The zero-order chi connectivity index (χ0) is 26.6. The highest BCUT2D eigenvalue weighted by atomic mass is 35.5. The van der Waals surface area contributed by atoms with Gasteiger partial charge in [0, 0.05) is 31.2 Å². The van der Waals surface area contributed by atoms with Crippen molar-refractivity contribution in [2.24, 2.45) is 0 Å². The first-order valence-corrected chi connectivity index (χ1v) is 14.2. The Morgan fingerprint density at radius 1 is 0.842 bits per heavy atom. The maximum Gasteiger partial charge on any atom is 0.338 e. The van der Waals surface area contributed by atoms with Crippen LogP contribution in [0.25, 0.3) is 0 Å². The number of hydrogen-bond donors (Lipinski definition) is 0. The van der Waals surface area contributed by atoms with Crippen LogP contribution in [-0.4, -0.2) is 61.7 Å². The largest absolute Gasteiger partial charge is 0.494 e. The molecule has 3 aromatic rings. The summed E-state index contributed by atoms with van der Waals surface area (Å²) in [6.07, 6.45) is 3.99. The molecule has 38 heavy (non-hydrogen) atoms. The molecule has 4 rings (SSSR count). The van der Waals surface area contributed by atoms with Gasteiger partial charge in [-0.1, -0.05) is 67.4 Å². The fraction of sp³-hybridized carbons (Fsp3) is 0.406. The summed E-state index contributed by atoms with van der Waals surface area (Å²) in [6, 6.07) is 26.5. The molecule has 0 saturated carbocycles. The van der Waals surface area contributed by atoms with Crippen molar-refractivity contribution in [2.45, 2.75) is 38.6 Å². The van der Waals surface area contributed by atoms with Crippen molar-refractivity contribution in [1.29, 1.82) is 0 Å². The van der Waals surface area contributed by atoms with Crippen LogP contribution in [0.4, 0.5) is 0 Å². The molecule has 202 valence electrons. The maximum absolute atomic E-state index is 12.1. The third-order valence-electron chi connectivity index (χ3n) is 7.00. The van der Waals surface area contributed by atoms with Gasteiger partial charge in [0.15, 0.2) is 0 Å². The number of ether oxygens (including phenoxy) is 2. The van der Waals surface area contributed by atoms with Crippen LogP contribution in [0.2, 0.25) is 5.02 Å². The molecule has 1 aliphatic rings. The zero-order valence-electron chi connectivity index (χ0n) is 22.4. The number of rotatable bonds is 12. The summed E-state index contributed by atoms with van der Waals surface area (Å²) in [6.45, 7) is 8.40. The van der Waals surface area contributed by atoms with Crippen molar-refractivity contribution in [3.05, 3.63) is 101 Å². The Morgan fingerprint density at radius 3 is 2.32 bits per heavy atom. The molecule has 1 atom stereocenters. The van der Waals surface area contributed by atoms with Gasteiger partial charge in [-0.25, -0.2) is 4.79 Å². The highest BCUT2D eigenvalue weighted by molar-refractivity contribution is 6.30. The number of carbonyl (C=O) groups is 1. The summed E-state index contributed by atoms with van der Waals surface area (Å²) < 4.78 is 11.2. The minimum atomic E-state index is -0.272. The predicted molar refractivity (Wildman–Crippen MR) is 154 cm³/mol. The van der Waals surface area contributed by atoms with Crippen LogP contribution >= 0.6 is 11.6 Å². The number of benzene rings is 3. The molecule has 0 aliphatic carbocycles. The Morgan fingerprint density at radius 2 is 1.58 bits per heavy atom. The quantitative estimate of drug-likeness (QED) is 0.187. The second-order valence-corrected chi connectivity index (χ2v) is 10.2. The van der Waals surface area contributed by atoms with E-state index in [-0.39, 0.29) is 12.0 Å². The first-order chi connectivity index (χ1) is 18.6. The number of nitrogens with zero attached hydrogens (tertiary/aromatic N) is 2. The number of hydrogen-bond acceptors (Lipinski definition) is 5. The Bertz CT molecular complexity index is 1110. The average molecular weight is 535 g/mol. The van der Waals surface area contributed by atoms with Gasteiger partial charge >= 0.3 is 5.97 Å². The van der Waals surface area contributed by atoms with Crippen molar-refractivity contribution in [3.8, 4) is 5.75 Å². The standard InChI is InChI=1S/C32H39ClN2O3/c1-2-3-24-38-32(36)28-13-17-30(18-14-28)37-25-8-20-34-19-7-21-35(23-22-34)31(26-9-5-4-6-10-26)27-11-15-29(33)16-12-27/h4-6,9-18,31H,2-3,7-8,19-25H2,1H3. The molecular formula is C32H39ClN2O3. The molecule has 1 unspecified atom stereocenters. The number of halogens is 1. The Kier molecular flexibility index (Phi) is 11.1. The van der Waals surface area contributed by atoms with Crippen LogP contribution in [0.3, 0.4) is 0 Å². The average Bonchev–Trinajstić information content (AvgIpc) is 3.19. The van der Waals surface area contributed by atoms with Gasteiger partial charge in [0.2, 0.25) is 0 Å². The fourth-order valence-corrected chi connectivity index (χ4v) is 5.05. The lowest BCUT2D eigenvalue weighted by Gasteiger charge is -2.31. The summed E-state index contributed by atoms with van der Waals surface area (Å²) in [7, 11) is 0. The smallest absolute Gasteiger partial charge is 0.338 e. The molecule has 1 heterocycles. The van der Waals surface area contributed by atoms with E-state index in [1.54, 1.807) is 12.1 Å². The topological polar surface area (TPSA) is 42.0 Å². The Balaban J connectivity index is 1.25. The Labute approximate surface area is 232 Å². The van der Waals surface area contributed by atoms with Crippen LogP contribution < -0.4 is 4.74 Å².